The van der Waals surface area contributed by atoms with Gasteiger partial charge in [0.05, 0.1) is 15.4 Å². The first kappa shape index (κ1) is 13.3. The Bertz CT molecular complexity index is 561. The number of aromatic amines is 1. The number of nitrogens with zero attached hydrogens (tertiary/aromatic N) is 1. The van der Waals surface area contributed by atoms with Crippen molar-refractivity contribution >= 4 is 17.2 Å². The molecule has 2 N–H and O–H groups in total. The highest BCUT2D eigenvalue weighted by Gasteiger charge is 2.17. The number of ether oxygens (including phenoxy) is 1. The molecule has 1 aliphatic rings. The van der Waals surface area contributed by atoms with Gasteiger partial charge in [-0.05, 0) is 31.0 Å². The summed E-state index contributed by atoms with van der Waals surface area (Å²) in [5, 5.41) is 6.76. The van der Waals surface area contributed by atoms with E-state index in [4.69, 9.17) is 9.57 Å². The van der Waals surface area contributed by atoms with E-state index in [9.17, 15) is 4.79 Å². The standard InChI is InChI=1S/C13H15N3O3S/c17-13(16-19-12-3-1-2-8-18-12)11-5-4-10(20-11)9-6-7-14-15-9/h4-7,12H,1-3,8H2,(H,14,15)(H,16,17). The second kappa shape index (κ2) is 6.17. The summed E-state index contributed by atoms with van der Waals surface area (Å²) in [6.07, 6.45) is 4.26. The highest BCUT2D eigenvalue weighted by atomic mass is 32.1. The van der Waals surface area contributed by atoms with E-state index >= 15 is 0 Å². The van der Waals surface area contributed by atoms with Crippen LogP contribution in [0.3, 0.4) is 0 Å². The van der Waals surface area contributed by atoms with Crippen LogP contribution in [0, 0.1) is 0 Å². The van der Waals surface area contributed by atoms with Gasteiger partial charge >= 0.3 is 0 Å². The van der Waals surface area contributed by atoms with E-state index in [2.05, 4.69) is 15.7 Å². The zero-order valence-electron chi connectivity index (χ0n) is 10.8. The van der Waals surface area contributed by atoms with E-state index in [0.717, 1.165) is 29.8 Å². The lowest BCUT2D eigenvalue weighted by Crippen LogP contribution is -2.32. The Balaban J connectivity index is 1.57. The molecule has 0 bridgehead atoms. The number of amides is 1. The van der Waals surface area contributed by atoms with Crippen LogP contribution in [-0.4, -0.2) is 29.0 Å². The quantitative estimate of drug-likeness (QED) is 0.848. The molecule has 2 aromatic rings. The van der Waals surface area contributed by atoms with Gasteiger partial charge in [0.2, 0.25) is 0 Å². The van der Waals surface area contributed by atoms with Crippen LogP contribution in [0.25, 0.3) is 10.6 Å². The zero-order chi connectivity index (χ0) is 13.8. The van der Waals surface area contributed by atoms with Gasteiger partial charge in [-0.3, -0.25) is 9.89 Å². The Hall–Kier alpha value is -1.70. The van der Waals surface area contributed by atoms with Crippen molar-refractivity contribution < 1.29 is 14.4 Å². The van der Waals surface area contributed by atoms with Gasteiger partial charge in [0.15, 0.2) is 6.29 Å². The molecule has 0 saturated carbocycles. The minimum absolute atomic E-state index is 0.255. The van der Waals surface area contributed by atoms with Gasteiger partial charge in [0.25, 0.3) is 5.91 Å². The Morgan fingerprint density at radius 3 is 3.15 bits per heavy atom. The maximum atomic E-state index is 12.0. The lowest BCUT2D eigenvalue weighted by atomic mass is 10.2. The second-order valence-corrected chi connectivity index (χ2v) is 5.56. The Morgan fingerprint density at radius 2 is 2.40 bits per heavy atom. The molecule has 1 aliphatic heterocycles. The molecule has 0 radical (unpaired) electrons. The van der Waals surface area contributed by atoms with Gasteiger partial charge in [-0.2, -0.15) is 5.10 Å². The smallest absolute Gasteiger partial charge is 0.285 e. The summed E-state index contributed by atoms with van der Waals surface area (Å²) in [6, 6.07) is 5.51. The van der Waals surface area contributed by atoms with E-state index in [1.165, 1.54) is 11.3 Å². The predicted octanol–water partition coefficient (Wildman–Crippen LogP) is 2.33. The van der Waals surface area contributed by atoms with Crippen molar-refractivity contribution in [2.24, 2.45) is 0 Å². The number of carbonyl (C=O) groups excluding carboxylic acids is 1. The number of nitrogens with one attached hydrogen (secondary N) is 2. The number of H-pyrrole nitrogens is 1. The lowest BCUT2D eigenvalue weighted by molar-refractivity contribution is -0.186. The molecule has 1 atom stereocenters. The minimum atomic E-state index is -0.334. The molecule has 1 unspecified atom stereocenters. The van der Waals surface area contributed by atoms with Gasteiger partial charge in [-0.15, -0.1) is 11.3 Å². The zero-order valence-corrected chi connectivity index (χ0v) is 11.6. The van der Waals surface area contributed by atoms with Gasteiger partial charge in [-0.1, -0.05) is 0 Å². The molecule has 1 saturated heterocycles. The van der Waals surface area contributed by atoms with E-state index in [1.54, 1.807) is 12.3 Å². The maximum Gasteiger partial charge on any atom is 0.285 e. The number of hydrogen-bond donors (Lipinski definition) is 2. The minimum Gasteiger partial charge on any atom is -0.350 e. The molecule has 2 aromatic heterocycles. The van der Waals surface area contributed by atoms with Crippen molar-refractivity contribution in [1.82, 2.24) is 15.7 Å². The number of hydrogen-bond acceptors (Lipinski definition) is 5. The molecule has 1 amide bonds. The van der Waals surface area contributed by atoms with Crippen molar-refractivity contribution in [3.63, 3.8) is 0 Å². The van der Waals surface area contributed by atoms with Crippen LogP contribution in [0.4, 0.5) is 0 Å². The number of rotatable bonds is 4. The summed E-state index contributed by atoms with van der Waals surface area (Å²) in [5.41, 5.74) is 3.34. The fourth-order valence-corrected chi connectivity index (χ4v) is 2.84. The molecule has 0 spiro atoms. The normalized spacial score (nSPS) is 18.9. The maximum absolute atomic E-state index is 12.0. The topological polar surface area (TPSA) is 76.2 Å². The molecule has 3 rings (SSSR count). The molecular weight excluding hydrogens is 278 g/mol. The molecular formula is C13H15N3O3S. The molecule has 6 nitrogen and oxygen atoms in total. The van der Waals surface area contributed by atoms with E-state index in [-0.39, 0.29) is 12.2 Å². The van der Waals surface area contributed by atoms with Crippen LogP contribution >= 0.6 is 11.3 Å². The monoisotopic (exact) mass is 293 g/mol. The Kier molecular flexibility index (Phi) is 4.10. The van der Waals surface area contributed by atoms with Crippen molar-refractivity contribution in [3.8, 4) is 10.6 Å². The summed E-state index contributed by atoms with van der Waals surface area (Å²) < 4.78 is 5.38. The molecule has 0 aliphatic carbocycles. The lowest BCUT2D eigenvalue weighted by Gasteiger charge is -2.21. The van der Waals surface area contributed by atoms with E-state index < -0.39 is 0 Å². The first-order valence-corrected chi connectivity index (χ1v) is 7.32. The van der Waals surface area contributed by atoms with Gasteiger partial charge < -0.3 is 4.74 Å². The molecule has 3 heterocycles. The Morgan fingerprint density at radius 1 is 1.45 bits per heavy atom. The molecule has 1 fully saturated rings. The molecule has 7 heteroatoms. The number of aromatic nitrogens is 2. The summed E-state index contributed by atoms with van der Waals surface area (Å²) in [5.74, 6) is -0.255. The Labute approximate surface area is 120 Å². The third kappa shape index (κ3) is 3.06. The average Bonchev–Trinajstić information content (AvgIpc) is 3.16. The summed E-state index contributed by atoms with van der Waals surface area (Å²) in [6.45, 7) is 0.684. The van der Waals surface area contributed by atoms with Crippen LogP contribution in [-0.2, 0) is 9.57 Å². The predicted molar refractivity (Wildman–Crippen MR) is 74.0 cm³/mol. The van der Waals surface area contributed by atoms with Crippen LogP contribution in [0.2, 0.25) is 0 Å². The van der Waals surface area contributed by atoms with Crippen LogP contribution in [0.15, 0.2) is 24.4 Å². The SMILES string of the molecule is O=C(NOC1CCCCO1)c1ccc(-c2ccn[nH]2)s1. The van der Waals surface area contributed by atoms with Crippen molar-refractivity contribution in [2.45, 2.75) is 25.6 Å². The molecule has 106 valence electrons. The van der Waals surface area contributed by atoms with Crippen LogP contribution < -0.4 is 5.48 Å². The fraction of sp³-hybridized carbons (Fsp3) is 0.385. The van der Waals surface area contributed by atoms with Crippen LogP contribution in [0.5, 0.6) is 0 Å². The first-order valence-electron chi connectivity index (χ1n) is 6.50. The average molecular weight is 293 g/mol. The van der Waals surface area contributed by atoms with Gasteiger partial charge in [-0.25, -0.2) is 10.3 Å². The third-order valence-electron chi connectivity index (χ3n) is 3.02. The molecule has 20 heavy (non-hydrogen) atoms. The van der Waals surface area contributed by atoms with Crippen molar-refractivity contribution in [2.75, 3.05) is 6.61 Å². The van der Waals surface area contributed by atoms with Gasteiger partial charge in [0, 0.05) is 19.2 Å². The van der Waals surface area contributed by atoms with Crippen molar-refractivity contribution in [1.29, 1.82) is 0 Å². The first-order chi connectivity index (χ1) is 9.83. The fourth-order valence-electron chi connectivity index (χ4n) is 1.97. The highest BCUT2D eigenvalue weighted by Crippen LogP contribution is 2.26. The summed E-state index contributed by atoms with van der Waals surface area (Å²) in [7, 11) is 0. The largest absolute Gasteiger partial charge is 0.350 e. The summed E-state index contributed by atoms with van der Waals surface area (Å²) >= 11 is 1.38. The van der Waals surface area contributed by atoms with Crippen LogP contribution in [0.1, 0.15) is 28.9 Å². The summed E-state index contributed by atoms with van der Waals surface area (Å²) in [4.78, 5) is 18.8. The van der Waals surface area contributed by atoms with Gasteiger partial charge in [0.1, 0.15) is 0 Å². The molecule has 0 aromatic carbocycles. The number of carbonyl (C=O) groups is 1. The highest BCUT2D eigenvalue weighted by molar-refractivity contribution is 7.17. The van der Waals surface area contributed by atoms with E-state index in [1.807, 2.05) is 12.1 Å². The van der Waals surface area contributed by atoms with E-state index in [0.29, 0.717) is 11.5 Å². The second-order valence-electron chi connectivity index (χ2n) is 4.48. The number of hydroxylamine groups is 1. The third-order valence-corrected chi connectivity index (χ3v) is 4.13. The van der Waals surface area contributed by atoms with Crippen molar-refractivity contribution in [3.05, 3.63) is 29.3 Å². The number of thiophene rings is 1.